The Kier molecular flexibility index (Phi) is 7.28. The maximum absolute atomic E-state index is 13.6. The van der Waals surface area contributed by atoms with Gasteiger partial charge < -0.3 is 14.3 Å². The van der Waals surface area contributed by atoms with Crippen LogP contribution in [0.3, 0.4) is 0 Å². The second-order valence-corrected chi connectivity index (χ2v) is 11.0. The summed E-state index contributed by atoms with van der Waals surface area (Å²) in [6.07, 6.45) is 6.29. The molecule has 1 amide bonds. The molecule has 1 aromatic carbocycles. The Bertz CT molecular complexity index is 1320. The van der Waals surface area contributed by atoms with Crippen molar-refractivity contribution < 1.29 is 22.2 Å². The number of amides is 1. The molecule has 3 heterocycles. The standard InChI is InChI=1S/C26H31N3O5S/c1-17-13-18(2)23(19(3)14-17)9-10-24-25(20(4)28-34-24)35(31,32)29-11-5-7-21(16-29)26(30)27-15-22-8-6-12-33-22/h6,8-10,12-14,21H,5,7,11,15-16H2,1-4H3,(H,27,30)/b10-9+/t21-/m1/s1. The summed E-state index contributed by atoms with van der Waals surface area (Å²) < 4.78 is 39.3. The number of sulfonamides is 1. The first kappa shape index (κ1) is 24.9. The van der Waals surface area contributed by atoms with Gasteiger partial charge >= 0.3 is 0 Å². The van der Waals surface area contributed by atoms with Gasteiger partial charge in [0.1, 0.15) is 11.5 Å². The number of rotatable bonds is 7. The molecule has 0 bridgehead atoms. The number of piperidine rings is 1. The molecule has 4 rings (SSSR count). The third kappa shape index (κ3) is 5.41. The predicted octanol–water partition coefficient (Wildman–Crippen LogP) is 4.39. The molecule has 8 nitrogen and oxygen atoms in total. The summed E-state index contributed by atoms with van der Waals surface area (Å²) in [7, 11) is -3.91. The van der Waals surface area contributed by atoms with Crippen LogP contribution in [0.4, 0.5) is 0 Å². The van der Waals surface area contributed by atoms with Gasteiger partial charge in [-0.25, -0.2) is 8.42 Å². The Hall–Kier alpha value is -3.17. The summed E-state index contributed by atoms with van der Waals surface area (Å²) in [4.78, 5) is 12.8. The lowest BCUT2D eigenvalue weighted by atomic mass is 9.99. The summed E-state index contributed by atoms with van der Waals surface area (Å²) in [5.41, 5.74) is 4.67. The minimum atomic E-state index is -3.91. The van der Waals surface area contributed by atoms with Gasteiger partial charge in [0.25, 0.3) is 0 Å². The molecule has 1 aliphatic rings. The van der Waals surface area contributed by atoms with Gasteiger partial charge in [0, 0.05) is 13.1 Å². The van der Waals surface area contributed by atoms with Crippen LogP contribution < -0.4 is 5.32 Å². The molecule has 0 saturated carbocycles. The number of benzene rings is 1. The normalized spacial score (nSPS) is 17.2. The van der Waals surface area contributed by atoms with Crippen LogP contribution in [0.5, 0.6) is 0 Å². The van der Waals surface area contributed by atoms with Crippen molar-refractivity contribution in [1.82, 2.24) is 14.8 Å². The number of carbonyl (C=O) groups excluding carboxylic acids is 1. The molecule has 1 atom stereocenters. The highest BCUT2D eigenvalue weighted by Gasteiger charge is 2.36. The third-order valence-electron chi connectivity index (χ3n) is 6.34. The molecule has 9 heteroatoms. The molecule has 1 fully saturated rings. The van der Waals surface area contributed by atoms with Crippen molar-refractivity contribution in [3.8, 4) is 0 Å². The number of carbonyl (C=O) groups is 1. The SMILES string of the molecule is Cc1cc(C)c(/C=C/c2onc(C)c2S(=O)(=O)N2CCC[C@@H](C(=O)NCc3ccco3)C2)c(C)c1. The number of hydrogen-bond donors (Lipinski definition) is 1. The Labute approximate surface area is 206 Å². The molecule has 1 aliphatic heterocycles. The van der Waals surface area contributed by atoms with E-state index in [2.05, 4.69) is 22.6 Å². The third-order valence-corrected chi connectivity index (χ3v) is 8.37. The lowest BCUT2D eigenvalue weighted by molar-refractivity contribution is -0.126. The van der Waals surface area contributed by atoms with E-state index in [4.69, 9.17) is 8.94 Å². The van der Waals surface area contributed by atoms with Crippen LogP contribution >= 0.6 is 0 Å². The van der Waals surface area contributed by atoms with Crippen LogP contribution in [0.2, 0.25) is 0 Å². The topological polar surface area (TPSA) is 106 Å². The number of nitrogens with one attached hydrogen (secondary N) is 1. The van der Waals surface area contributed by atoms with Gasteiger partial charge in [-0.15, -0.1) is 0 Å². The summed E-state index contributed by atoms with van der Waals surface area (Å²) in [5.74, 6) is 0.208. The summed E-state index contributed by atoms with van der Waals surface area (Å²) in [6, 6.07) is 7.70. The minimum Gasteiger partial charge on any atom is -0.467 e. The fourth-order valence-corrected chi connectivity index (χ4v) is 6.42. The Balaban J connectivity index is 1.54. The van der Waals surface area contributed by atoms with Crippen LogP contribution in [0.25, 0.3) is 12.2 Å². The van der Waals surface area contributed by atoms with Gasteiger partial charge in [-0.2, -0.15) is 4.31 Å². The monoisotopic (exact) mass is 497 g/mol. The molecular weight excluding hydrogens is 466 g/mol. The van der Waals surface area contributed by atoms with Crippen molar-refractivity contribution in [2.45, 2.75) is 52.0 Å². The zero-order valence-corrected chi connectivity index (χ0v) is 21.3. The van der Waals surface area contributed by atoms with E-state index in [1.165, 1.54) is 9.87 Å². The van der Waals surface area contributed by atoms with Crippen LogP contribution in [0.15, 0.2) is 44.4 Å². The fourth-order valence-electron chi connectivity index (χ4n) is 4.65. The summed E-state index contributed by atoms with van der Waals surface area (Å²) in [5, 5.41) is 6.78. The highest BCUT2D eigenvalue weighted by molar-refractivity contribution is 7.89. The molecule has 1 N–H and O–H groups in total. The maximum Gasteiger partial charge on any atom is 0.248 e. The van der Waals surface area contributed by atoms with E-state index in [0.29, 0.717) is 30.8 Å². The lowest BCUT2D eigenvalue weighted by Gasteiger charge is -2.31. The molecule has 35 heavy (non-hydrogen) atoms. The smallest absolute Gasteiger partial charge is 0.248 e. The number of furan rings is 1. The van der Waals surface area contributed by atoms with E-state index in [-0.39, 0.29) is 29.7 Å². The molecular formula is C26H31N3O5S. The maximum atomic E-state index is 13.6. The second-order valence-electron chi connectivity index (χ2n) is 9.11. The quantitative estimate of drug-likeness (QED) is 0.519. The average Bonchev–Trinajstić information content (AvgIpc) is 3.46. The molecule has 0 aliphatic carbocycles. The van der Waals surface area contributed by atoms with Gasteiger partial charge in [0.15, 0.2) is 10.7 Å². The fraction of sp³-hybridized carbons (Fsp3) is 0.385. The molecule has 0 radical (unpaired) electrons. The van der Waals surface area contributed by atoms with Crippen LogP contribution in [-0.2, 0) is 21.4 Å². The lowest BCUT2D eigenvalue weighted by Crippen LogP contribution is -2.45. The first-order chi connectivity index (χ1) is 16.7. The first-order valence-corrected chi connectivity index (χ1v) is 13.1. The van der Waals surface area contributed by atoms with Gasteiger partial charge in [-0.1, -0.05) is 28.9 Å². The summed E-state index contributed by atoms with van der Waals surface area (Å²) in [6.45, 7) is 8.42. The predicted molar refractivity (Wildman–Crippen MR) is 133 cm³/mol. The van der Waals surface area contributed by atoms with E-state index in [1.54, 1.807) is 31.4 Å². The Morgan fingerprint density at radius 1 is 1.20 bits per heavy atom. The number of nitrogens with zero attached hydrogens (tertiary/aromatic N) is 2. The van der Waals surface area contributed by atoms with E-state index in [1.807, 2.05) is 26.8 Å². The van der Waals surface area contributed by atoms with Crippen molar-refractivity contribution in [2.75, 3.05) is 13.1 Å². The molecule has 0 unspecified atom stereocenters. The van der Waals surface area contributed by atoms with E-state index < -0.39 is 15.9 Å². The molecule has 2 aromatic heterocycles. The van der Waals surface area contributed by atoms with Gasteiger partial charge in [-0.3, -0.25) is 4.79 Å². The van der Waals surface area contributed by atoms with Gasteiger partial charge in [0.2, 0.25) is 15.9 Å². The van der Waals surface area contributed by atoms with Crippen molar-refractivity contribution in [2.24, 2.45) is 5.92 Å². The molecule has 0 spiro atoms. The van der Waals surface area contributed by atoms with Crippen LogP contribution in [0, 0.1) is 33.6 Å². The minimum absolute atomic E-state index is 0.0489. The van der Waals surface area contributed by atoms with Crippen molar-refractivity contribution in [3.05, 3.63) is 70.0 Å². The van der Waals surface area contributed by atoms with E-state index in [0.717, 1.165) is 16.7 Å². The van der Waals surface area contributed by atoms with Crippen LogP contribution in [0.1, 0.15) is 52.3 Å². The first-order valence-electron chi connectivity index (χ1n) is 11.7. The highest BCUT2D eigenvalue weighted by atomic mass is 32.2. The van der Waals surface area contributed by atoms with Crippen LogP contribution in [-0.4, -0.2) is 36.9 Å². The summed E-state index contributed by atoms with van der Waals surface area (Å²) >= 11 is 0. The number of aromatic nitrogens is 1. The molecule has 3 aromatic rings. The van der Waals surface area contributed by atoms with E-state index >= 15 is 0 Å². The second kappa shape index (κ2) is 10.2. The number of aryl methyl sites for hydroxylation is 4. The van der Waals surface area contributed by atoms with Crippen molar-refractivity contribution >= 4 is 28.1 Å². The van der Waals surface area contributed by atoms with Gasteiger partial charge in [0.05, 0.1) is 18.7 Å². The molecule has 186 valence electrons. The zero-order valence-electron chi connectivity index (χ0n) is 20.5. The van der Waals surface area contributed by atoms with Crippen molar-refractivity contribution in [3.63, 3.8) is 0 Å². The Morgan fingerprint density at radius 2 is 1.94 bits per heavy atom. The van der Waals surface area contributed by atoms with Gasteiger partial charge in [-0.05, 0) is 75.4 Å². The highest BCUT2D eigenvalue weighted by Crippen LogP contribution is 2.30. The molecule has 1 saturated heterocycles. The largest absolute Gasteiger partial charge is 0.467 e. The number of hydrogen-bond acceptors (Lipinski definition) is 6. The average molecular weight is 498 g/mol. The van der Waals surface area contributed by atoms with Crippen molar-refractivity contribution in [1.29, 1.82) is 0 Å². The zero-order chi connectivity index (χ0) is 25.2. The van der Waals surface area contributed by atoms with E-state index in [9.17, 15) is 13.2 Å². The Morgan fingerprint density at radius 3 is 2.63 bits per heavy atom.